The maximum Gasteiger partial charge on any atom is 0.260 e. The fourth-order valence-corrected chi connectivity index (χ4v) is 4.56. The molecule has 21 heavy (non-hydrogen) atoms. The van der Waals surface area contributed by atoms with Crippen LogP contribution in [-0.4, -0.2) is 48.2 Å². The second-order valence-corrected chi connectivity index (χ2v) is 7.95. The van der Waals surface area contributed by atoms with Crippen LogP contribution in [-0.2, 0) is 17.1 Å². The number of nitrogens with one attached hydrogen (secondary N) is 1. The number of piperidine rings is 1. The van der Waals surface area contributed by atoms with Gasteiger partial charge in [0, 0.05) is 26.2 Å². The Labute approximate surface area is 127 Å². The maximum atomic E-state index is 12.8. The summed E-state index contributed by atoms with van der Waals surface area (Å²) in [6.45, 7) is 6.53. The second kappa shape index (κ2) is 6.89. The molecule has 1 aliphatic rings. The van der Waals surface area contributed by atoms with E-state index < -0.39 is 10.0 Å². The zero-order valence-electron chi connectivity index (χ0n) is 13.1. The van der Waals surface area contributed by atoms with E-state index in [-0.39, 0.29) is 11.1 Å². The van der Waals surface area contributed by atoms with Crippen LogP contribution in [0.2, 0.25) is 0 Å². The number of aromatic nitrogens is 2. The first-order valence-corrected chi connectivity index (χ1v) is 9.07. The Kier molecular flexibility index (Phi) is 5.40. The van der Waals surface area contributed by atoms with E-state index in [9.17, 15) is 8.42 Å². The molecule has 0 amide bonds. The normalized spacial score (nSPS) is 21.0. The summed E-state index contributed by atoms with van der Waals surface area (Å²) in [5, 5.41) is 7.65. The summed E-state index contributed by atoms with van der Waals surface area (Å²) in [4.78, 5) is 0. The first-order valence-electron chi connectivity index (χ1n) is 7.63. The molecule has 1 aromatic rings. The number of sulfonamides is 1. The van der Waals surface area contributed by atoms with E-state index >= 15 is 0 Å². The van der Waals surface area contributed by atoms with Gasteiger partial charge in [0.25, 0.3) is 10.0 Å². The van der Waals surface area contributed by atoms with Gasteiger partial charge in [-0.15, -0.1) is 0 Å². The molecule has 1 saturated heterocycles. The van der Waals surface area contributed by atoms with E-state index in [4.69, 9.17) is 0 Å². The fourth-order valence-electron chi connectivity index (χ4n) is 2.77. The van der Waals surface area contributed by atoms with Crippen LogP contribution in [0.15, 0.2) is 17.3 Å². The molecule has 0 saturated carbocycles. The molecule has 2 rings (SSSR count). The highest BCUT2D eigenvalue weighted by Gasteiger charge is 2.34. The molecule has 1 N–H and O–H groups in total. The maximum absolute atomic E-state index is 12.8. The van der Waals surface area contributed by atoms with Crippen LogP contribution < -0.4 is 5.32 Å². The van der Waals surface area contributed by atoms with Crippen molar-refractivity contribution in [2.75, 3.05) is 19.6 Å². The van der Waals surface area contributed by atoms with Gasteiger partial charge in [0.1, 0.15) is 0 Å². The van der Waals surface area contributed by atoms with E-state index in [1.807, 2.05) is 0 Å². The Morgan fingerprint density at radius 1 is 1.43 bits per heavy atom. The Balaban J connectivity index is 2.13. The molecule has 1 aromatic heterocycles. The third-order valence-corrected chi connectivity index (χ3v) is 5.88. The van der Waals surface area contributed by atoms with Gasteiger partial charge >= 0.3 is 0 Å². The lowest BCUT2D eigenvalue weighted by molar-refractivity contribution is 0.242. The number of aryl methyl sites for hydroxylation is 1. The highest BCUT2D eigenvalue weighted by molar-refractivity contribution is 7.89. The molecule has 1 fully saturated rings. The summed E-state index contributed by atoms with van der Waals surface area (Å²) >= 11 is 0. The van der Waals surface area contributed by atoms with Crippen molar-refractivity contribution in [2.45, 2.75) is 44.2 Å². The number of hydrogen-bond donors (Lipinski definition) is 1. The monoisotopic (exact) mass is 314 g/mol. The van der Waals surface area contributed by atoms with Crippen LogP contribution in [0.1, 0.15) is 33.1 Å². The average Bonchev–Trinajstić information content (AvgIpc) is 2.86. The van der Waals surface area contributed by atoms with Gasteiger partial charge in [0.2, 0.25) is 0 Å². The van der Waals surface area contributed by atoms with Gasteiger partial charge in [-0.05, 0) is 31.4 Å². The van der Waals surface area contributed by atoms with Crippen molar-refractivity contribution in [1.82, 2.24) is 19.4 Å². The lowest BCUT2D eigenvalue weighted by Gasteiger charge is -2.34. The molecular weight excluding hydrogens is 288 g/mol. The van der Waals surface area contributed by atoms with Crippen molar-refractivity contribution in [2.24, 2.45) is 13.0 Å². The van der Waals surface area contributed by atoms with Crippen LogP contribution in [0, 0.1) is 5.92 Å². The van der Waals surface area contributed by atoms with Crippen LogP contribution >= 0.6 is 0 Å². The van der Waals surface area contributed by atoms with E-state index in [1.54, 1.807) is 17.4 Å². The molecule has 0 aliphatic carbocycles. The predicted molar refractivity (Wildman–Crippen MR) is 82.4 cm³/mol. The highest BCUT2D eigenvalue weighted by Crippen LogP contribution is 2.24. The zero-order chi connectivity index (χ0) is 15.5. The van der Waals surface area contributed by atoms with Gasteiger partial charge < -0.3 is 5.32 Å². The molecule has 1 aliphatic heterocycles. The summed E-state index contributed by atoms with van der Waals surface area (Å²) in [6.07, 6.45) is 4.47. The van der Waals surface area contributed by atoms with E-state index in [0.717, 1.165) is 32.4 Å². The summed E-state index contributed by atoms with van der Waals surface area (Å²) in [7, 11) is -1.79. The summed E-state index contributed by atoms with van der Waals surface area (Å²) < 4.78 is 28.7. The first-order chi connectivity index (χ1) is 9.93. The van der Waals surface area contributed by atoms with Gasteiger partial charge in [-0.2, -0.15) is 9.40 Å². The third kappa shape index (κ3) is 3.84. The highest BCUT2D eigenvalue weighted by atomic mass is 32.2. The molecule has 120 valence electrons. The third-order valence-electron chi connectivity index (χ3n) is 3.85. The molecule has 0 bridgehead atoms. The first kappa shape index (κ1) is 16.5. The van der Waals surface area contributed by atoms with E-state index in [0.29, 0.717) is 12.5 Å². The molecule has 6 nitrogen and oxygen atoms in total. The standard InChI is InChI=1S/C14H26N4O2S/c1-12(2)10-15-11-13-6-4-5-9-18(13)21(19,20)14-7-8-16-17(14)3/h7-8,12-13,15H,4-6,9-11H2,1-3H3. The van der Waals surface area contributed by atoms with Crippen molar-refractivity contribution >= 4 is 10.0 Å². The van der Waals surface area contributed by atoms with Crippen molar-refractivity contribution in [1.29, 1.82) is 0 Å². The van der Waals surface area contributed by atoms with Gasteiger partial charge in [-0.25, -0.2) is 8.42 Å². The Bertz CT molecular complexity index is 553. The molecule has 0 spiro atoms. The molecule has 1 atom stereocenters. The SMILES string of the molecule is CC(C)CNCC1CCCCN1S(=O)(=O)c1ccnn1C. The van der Waals surface area contributed by atoms with Crippen molar-refractivity contribution in [3.05, 3.63) is 12.3 Å². The Morgan fingerprint density at radius 3 is 2.81 bits per heavy atom. The number of rotatable bonds is 6. The Hall–Kier alpha value is -0.920. The van der Waals surface area contributed by atoms with Gasteiger partial charge in [-0.3, -0.25) is 4.68 Å². The summed E-state index contributed by atoms with van der Waals surface area (Å²) in [6, 6.07) is 1.61. The minimum absolute atomic E-state index is 0.0393. The van der Waals surface area contributed by atoms with Crippen LogP contribution in [0.25, 0.3) is 0 Å². The molecule has 0 radical (unpaired) electrons. The van der Waals surface area contributed by atoms with Gasteiger partial charge in [0.15, 0.2) is 5.03 Å². The van der Waals surface area contributed by atoms with Crippen molar-refractivity contribution in [3.8, 4) is 0 Å². The lowest BCUT2D eigenvalue weighted by Crippen LogP contribution is -2.49. The minimum Gasteiger partial charge on any atom is -0.315 e. The van der Waals surface area contributed by atoms with Crippen LogP contribution in [0.5, 0.6) is 0 Å². The van der Waals surface area contributed by atoms with Crippen molar-refractivity contribution in [3.63, 3.8) is 0 Å². The fraction of sp³-hybridized carbons (Fsp3) is 0.786. The van der Waals surface area contributed by atoms with Crippen LogP contribution in [0.3, 0.4) is 0 Å². The molecule has 1 unspecified atom stereocenters. The summed E-state index contributed by atoms with van der Waals surface area (Å²) in [5.41, 5.74) is 0. The predicted octanol–water partition coefficient (Wildman–Crippen LogP) is 1.21. The van der Waals surface area contributed by atoms with E-state index in [2.05, 4.69) is 24.3 Å². The zero-order valence-corrected chi connectivity index (χ0v) is 13.9. The molecule has 2 heterocycles. The van der Waals surface area contributed by atoms with Crippen LogP contribution in [0.4, 0.5) is 0 Å². The average molecular weight is 314 g/mol. The minimum atomic E-state index is -3.46. The van der Waals surface area contributed by atoms with Gasteiger partial charge in [-0.1, -0.05) is 20.3 Å². The van der Waals surface area contributed by atoms with Crippen molar-refractivity contribution < 1.29 is 8.42 Å². The topological polar surface area (TPSA) is 67.2 Å². The van der Waals surface area contributed by atoms with Gasteiger partial charge in [0.05, 0.1) is 6.20 Å². The number of hydrogen-bond acceptors (Lipinski definition) is 4. The molecular formula is C14H26N4O2S. The quantitative estimate of drug-likeness (QED) is 0.857. The number of nitrogens with zero attached hydrogens (tertiary/aromatic N) is 3. The lowest BCUT2D eigenvalue weighted by atomic mass is 10.0. The Morgan fingerprint density at radius 2 is 2.19 bits per heavy atom. The summed E-state index contributed by atoms with van der Waals surface area (Å²) in [5.74, 6) is 0.565. The second-order valence-electron chi connectivity index (χ2n) is 6.11. The smallest absolute Gasteiger partial charge is 0.260 e. The largest absolute Gasteiger partial charge is 0.315 e. The van der Waals surface area contributed by atoms with E-state index in [1.165, 1.54) is 10.9 Å². The molecule has 0 aromatic carbocycles. The molecule has 7 heteroatoms.